The topological polar surface area (TPSA) is 38.7 Å². The van der Waals surface area contributed by atoms with Crippen LogP contribution in [0.1, 0.15) is 0 Å². The lowest BCUT2D eigenvalue weighted by Crippen LogP contribution is -2.01. The largest absolute Gasteiger partial charge is 0.208 e. The molecule has 3 nitrogen and oxygen atoms in total. The van der Waals surface area contributed by atoms with E-state index in [1.807, 2.05) is 11.3 Å². The Hall–Kier alpha value is -7.53. The minimum absolute atomic E-state index is 0.633. The van der Waals surface area contributed by atoms with Crippen LogP contribution < -0.4 is 0 Å². The normalized spacial score (nSPS) is 11.7. The molecule has 274 valence electrons. The predicted molar refractivity (Wildman–Crippen MR) is 250 cm³/mol. The van der Waals surface area contributed by atoms with Crippen LogP contribution in [0, 0.1) is 0 Å². The van der Waals surface area contributed by atoms with Gasteiger partial charge in [-0.1, -0.05) is 170 Å². The van der Waals surface area contributed by atoms with Gasteiger partial charge in [-0.15, -0.1) is 11.3 Å². The van der Waals surface area contributed by atoms with Gasteiger partial charge in [-0.3, -0.25) is 0 Å². The molecule has 0 aliphatic heterocycles. The van der Waals surface area contributed by atoms with Gasteiger partial charge in [-0.2, -0.15) is 0 Å². The second kappa shape index (κ2) is 13.6. The Labute approximate surface area is 344 Å². The minimum atomic E-state index is 0.633. The van der Waals surface area contributed by atoms with Gasteiger partial charge in [0.2, 0.25) is 0 Å². The molecule has 0 radical (unpaired) electrons. The standard InChI is InChI=1S/C55H33N3S/c1-2-19-40-34(13-1)14-11-26-47(40)55-57-53(56-54(58-55)39-18-10-16-37(32-39)41-25-12-28-51-52(41)48-24-7-8-27-50(48)59-51)38-17-9-15-35(31-38)36-29-30-46-44-22-4-3-20-42(44)43-21-5-6-23-45(43)49(46)33-36/h1-33H. The zero-order valence-corrected chi connectivity index (χ0v) is 32.6. The second-order valence-corrected chi connectivity index (χ2v) is 16.2. The first-order chi connectivity index (χ1) is 29.2. The number of benzene rings is 10. The van der Waals surface area contributed by atoms with E-state index < -0.39 is 0 Å². The summed E-state index contributed by atoms with van der Waals surface area (Å²) >= 11 is 1.84. The molecule has 0 atom stereocenters. The SMILES string of the molecule is c1cc(-c2ccc3c4ccccc4c4ccccc4c3c2)cc(-c2nc(-c3cccc(-c4cccc5sc6ccccc6c45)c3)nc(-c3cccc4ccccc34)n2)c1. The molecule has 4 heteroatoms. The van der Waals surface area contributed by atoms with Crippen molar-refractivity contribution < 1.29 is 0 Å². The third-order valence-electron chi connectivity index (χ3n) is 11.7. The molecule has 0 bridgehead atoms. The summed E-state index contributed by atoms with van der Waals surface area (Å²) < 4.78 is 2.57. The fourth-order valence-corrected chi connectivity index (χ4v) is 10.1. The molecule has 0 amide bonds. The van der Waals surface area contributed by atoms with E-state index in [0.29, 0.717) is 17.5 Å². The van der Waals surface area contributed by atoms with E-state index in [0.717, 1.165) is 44.2 Å². The van der Waals surface area contributed by atoms with Crippen LogP contribution in [-0.2, 0) is 0 Å². The number of hydrogen-bond acceptors (Lipinski definition) is 4. The van der Waals surface area contributed by atoms with Crippen LogP contribution in [0.3, 0.4) is 0 Å². The van der Waals surface area contributed by atoms with Crippen molar-refractivity contribution in [3.05, 3.63) is 200 Å². The number of fused-ring (bicyclic) bond motifs is 10. The van der Waals surface area contributed by atoms with Crippen molar-refractivity contribution in [2.75, 3.05) is 0 Å². The number of thiophene rings is 1. The minimum Gasteiger partial charge on any atom is -0.208 e. The van der Waals surface area contributed by atoms with Gasteiger partial charge in [0.05, 0.1) is 0 Å². The Morgan fingerprint density at radius 2 is 0.746 bits per heavy atom. The first-order valence-electron chi connectivity index (χ1n) is 19.9. The van der Waals surface area contributed by atoms with Crippen LogP contribution in [0.25, 0.3) is 120 Å². The van der Waals surface area contributed by atoms with E-state index in [-0.39, 0.29) is 0 Å². The molecular weight excluding hydrogens is 735 g/mol. The monoisotopic (exact) mass is 767 g/mol. The Balaban J connectivity index is 1.03. The maximum atomic E-state index is 5.26. The summed E-state index contributed by atoms with van der Waals surface area (Å²) in [6.45, 7) is 0. The molecule has 2 heterocycles. The maximum Gasteiger partial charge on any atom is 0.164 e. The Morgan fingerprint density at radius 3 is 1.49 bits per heavy atom. The lowest BCUT2D eigenvalue weighted by atomic mass is 9.92. The highest BCUT2D eigenvalue weighted by Crippen LogP contribution is 2.41. The van der Waals surface area contributed by atoms with Crippen LogP contribution in [0.2, 0.25) is 0 Å². The third kappa shape index (κ3) is 5.60. The van der Waals surface area contributed by atoms with Crippen molar-refractivity contribution in [3.8, 4) is 56.4 Å². The molecule has 0 fully saturated rings. The van der Waals surface area contributed by atoms with Crippen LogP contribution in [0.4, 0.5) is 0 Å². The smallest absolute Gasteiger partial charge is 0.164 e. The molecule has 12 rings (SSSR count). The van der Waals surface area contributed by atoms with Crippen molar-refractivity contribution in [1.82, 2.24) is 15.0 Å². The molecule has 0 aliphatic rings. The third-order valence-corrected chi connectivity index (χ3v) is 12.8. The second-order valence-electron chi connectivity index (χ2n) is 15.1. The highest BCUT2D eigenvalue weighted by atomic mass is 32.1. The van der Waals surface area contributed by atoms with E-state index in [4.69, 9.17) is 15.0 Å². The highest BCUT2D eigenvalue weighted by Gasteiger charge is 2.17. The van der Waals surface area contributed by atoms with E-state index >= 15 is 0 Å². The van der Waals surface area contributed by atoms with Crippen molar-refractivity contribution in [2.24, 2.45) is 0 Å². The summed E-state index contributed by atoms with van der Waals surface area (Å²) in [6, 6.07) is 71.6. The molecule has 0 N–H and O–H groups in total. The van der Waals surface area contributed by atoms with Crippen LogP contribution in [0.15, 0.2) is 200 Å². The van der Waals surface area contributed by atoms with Crippen LogP contribution in [0.5, 0.6) is 0 Å². The molecule has 0 saturated heterocycles. The van der Waals surface area contributed by atoms with Gasteiger partial charge in [-0.05, 0) is 95.7 Å². The Kier molecular flexibility index (Phi) is 7.72. The summed E-state index contributed by atoms with van der Waals surface area (Å²) in [5.74, 6) is 1.91. The zero-order valence-electron chi connectivity index (χ0n) is 31.8. The van der Waals surface area contributed by atoms with E-state index in [9.17, 15) is 0 Å². The van der Waals surface area contributed by atoms with Gasteiger partial charge in [-0.25, -0.2) is 15.0 Å². The molecule has 10 aromatic carbocycles. The summed E-state index contributed by atoms with van der Waals surface area (Å²) in [5.41, 5.74) is 7.43. The van der Waals surface area contributed by atoms with Crippen molar-refractivity contribution in [2.45, 2.75) is 0 Å². The Bertz CT molecular complexity index is 3600. The van der Waals surface area contributed by atoms with Gasteiger partial charge in [0.15, 0.2) is 17.5 Å². The quantitative estimate of drug-likeness (QED) is 0.164. The molecule has 2 aromatic heterocycles. The van der Waals surface area contributed by atoms with Crippen molar-refractivity contribution >= 4 is 74.6 Å². The summed E-state index contributed by atoms with van der Waals surface area (Å²) in [5, 5.41) is 12.4. The van der Waals surface area contributed by atoms with Crippen molar-refractivity contribution in [3.63, 3.8) is 0 Å². The number of rotatable bonds is 5. The van der Waals surface area contributed by atoms with Crippen molar-refractivity contribution in [1.29, 1.82) is 0 Å². The molecule has 0 aliphatic carbocycles. The number of nitrogens with zero attached hydrogens (tertiary/aromatic N) is 3. The average Bonchev–Trinajstić information content (AvgIpc) is 3.70. The van der Waals surface area contributed by atoms with E-state index in [2.05, 4.69) is 200 Å². The fourth-order valence-electron chi connectivity index (χ4n) is 8.94. The van der Waals surface area contributed by atoms with Crippen LogP contribution >= 0.6 is 11.3 Å². The predicted octanol–water partition coefficient (Wildman–Crippen LogP) is 15.2. The average molecular weight is 768 g/mol. The summed E-state index contributed by atoms with van der Waals surface area (Å²) in [4.78, 5) is 15.7. The Morgan fingerprint density at radius 1 is 0.271 bits per heavy atom. The van der Waals surface area contributed by atoms with Gasteiger partial charge in [0.1, 0.15) is 0 Å². The lowest BCUT2D eigenvalue weighted by Gasteiger charge is -2.13. The summed E-state index contributed by atoms with van der Waals surface area (Å²) in [6.07, 6.45) is 0. The van der Waals surface area contributed by atoms with Gasteiger partial charge in [0, 0.05) is 36.9 Å². The first kappa shape index (κ1) is 33.6. The van der Waals surface area contributed by atoms with Gasteiger partial charge >= 0.3 is 0 Å². The molecule has 12 aromatic rings. The summed E-state index contributed by atoms with van der Waals surface area (Å²) in [7, 11) is 0. The molecule has 59 heavy (non-hydrogen) atoms. The van der Waals surface area contributed by atoms with Gasteiger partial charge in [0.25, 0.3) is 0 Å². The molecule has 0 spiro atoms. The van der Waals surface area contributed by atoms with E-state index in [1.54, 1.807) is 0 Å². The zero-order chi connectivity index (χ0) is 38.9. The van der Waals surface area contributed by atoms with E-state index in [1.165, 1.54) is 58.1 Å². The molecule has 0 saturated carbocycles. The number of aromatic nitrogens is 3. The maximum absolute atomic E-state index is 5.26. The highest BCUT2D eigenvalue weighted by molar-refractivity contribution is 7.25. The lowest BCUT2D eigenvalue weighted by molar-refractivity contribution is 1.08. The fraction of sp³-hybridized carbons (Fsp3) is 0. The van der Waals surface area contributed by atoms with Gasteiger partial charge < -0.3 is 0 Å². The number of hydrogen-bond donors (Lipinski definition) is 0. The van der Waals surface area contributed by atoms with Crippen LogP contribution in [-0.4, -0.2) is 15.0 Å². The first-order valence-corrected chi connectivity index (χ1v) is 20.7. The molecular formula is C55H33N3S. The molecule has 0 unspecified atom stereocenters.